The molecule has 0 aliphatic carbocycles. The molecule has 0 fully saturated rings. The van der Waals surface area contributed by atoms with Crippen molar-refractivity contribution in [2.45, 2.75) is 39.2 Å². The van der Waals surface area contributed by atoms with Crippen LogP contribution in [0, 0.1) is 0 Å². The predicted molar refractivity (Wildman–Crippen MR) is 115 cm³/mol. The van der Waals surface area contributed by atoms with Crippen LogP contribution in [0.2, 0.25) is 0 Å². The first-order chi connectivity index (χ1) is 13.5. The summed E-state index contributed by atoms with van der Waals surface area (Å²) in [5.74, 6) is -1.04. The molecule has 0 bridgehead atoms. The van der Waals surface area contributed by atoms with Crippen molar-refractivity contribution in [1.82, 2.24) is 15.6 Å². The van der Waals surface area contributed by atoms with E-state index in [4.69, 9.17) is 22.7 Å². The normalized spacial score (nSPS) is 11.1. The van der Waals surface area contributed by atoms with Gasteiger partial charge in [-0.05, 0) is 51.5 Å². The zero-order valence-corrected chi connectivity index (χ0v) is 17.6. The van der Waals surface area contributed by atoms with Gasteiger partial charge in [0.2, 0.25) is 5.91 Å². The van der Waals surface area contributed by atoms with Crippen LogP contribution in [0.4, 0.5) is 0 Å². The summed E-state index contributed by atoms with van der Waals surface area (Å²) in [5.41, 5.74) is 6.98. The number of nitrogens with one attached hydrogen (secondary N) is 3. The maximum Gasteiger partial charge on any atom is 0.325 e. The highest BCUT2D eigenvalue weighted by Gasteiger charge is 2.16. The number of hydrogen-bond acceptors (Lipinski definition) is 5. The Hall–Kier alpha value is -2.94. The van der Waals surface area contributed by atoms with Gasteiger partial charge in [-0.15, -0.1) is 0 Å². The molecule has 1 aromatic heterocycles. The number of carbonyl (C=O) groups excluding carboxylic acids is 3. The first-order valence-corrected chi connectivity index (χ1v) is 9.65. The smallest absolute Gasteiger partial charge is 0.325 e. The largest absolute Gasteiger partial charge is 0.459 e. The van der Waals surface area contributed by atoms with Gasteiger partial charge in [-0.2, -0.15) is 0 Å². The van der Waals surface area contributed by atoms with Crippen molar-refractivity contribution in [3.05, 3.63) is 35.5 Å². The Labute approximate surface area is 174 Å². The van der Waals surface area contributed by atoms with E-state index in [-0.39, 0.29) is 24.8 Å². The van der Waals surface area contributed by atoms with E-state index in [1.54, 1.807) is 32.9 Å². The first kappa shape index (κ1) is 22.4. The van der Waals surface area contributed by atoms with Gasteiger partial charge in [0.1, 0.15) is 22.8 Å². The van der Waals surface area contributed by atoms with E-state index >= 15 is 0 Å². The van der Waals surface area contributed by atoms with Crippen molar-refractivity contribution in [3.63, 3.8) is 0 Å². The van der Waals surface area contributed by atoms with Crippen molar-refractivity contribution in [2.24, 2.45) is 5.73 Å². The number of thiocarbonyl (C=S) groups is 1. The molecule has 0 aliphatic heterocycles. The third-order valence-corrected chi connectivity index (χ3v) is 4.10. The Morgan fingerprint density at radius 3 is 2.55 bits per heavy atom. The van der Waals surface area contributed by atoms with Crippen molar-refractivity contribution in [3.8, 4) is 0 Å². The fourth-order valence-corrected chi connectivity index (χ4v) is 2.72. The molecule has 0 unspecified atom stereocenters. The van der Waals surface area contributed by atoms with Gasteiger partial charge in [0.15, 0.2) is 0 Å². The Morgan fingerprint density at radius 2 is 1.90 bits per heavy atom. The Kier molecular flexibility index (Phi) is 7.33. The number of hydrogen-bond donors (Lipinski definition) is 4. The number of H-pyrrole nitrogens is 1. The van der Waals surface area contributed by atoms with Gasteiger partial charge >= 0.3 is 5.97 Å². The number of carbonyl (C=O) groups is 3. The van der Waals surface area contributed by atoms with Gasteiger partial charge in [-0.25, -0.2) is 0 Å². The highest BCUT2D eigenvalue weighted by atomic mass is 32.1. The lowest BCUT2D eigenvalue weighted by Crippen LogP contribution is -2.35. The quantitative estimate of drug-likeness (QED) is 0.294. The molecular weight excluding hydrogens is 392 g/mol. The predicted octanol–water partition coefficient (Wildman–Crippen LogP) is 1.77. The lowest BCUT2D eigenvalue weighted by molar-refractivity contribution is -0.154. The van der Waals surface area contributed by atoms with Crippen LogP contribution in [-0.4, -0.2) is 46.4 Å². The van der Waals surface area contributed by atoms with Gasteiger partial charge in [-0.1, -0.05) is 12.2 Å². The minimum Gasteiger partial charge on any atom is -0.459 e. The van der Waals surface area contributed by atoms with Crippen molar-refractivity contribution in [1.29, 1.82) is 0 Å². The van der Waals surface area contributed by atoms with Crippen LogP contribution in [0.5, 0.6) is 0 Å². The zero-order chi connectivity index (χ0) is 21.6. The molecule has 156 valence electrons. The Morgan fingerprint density at radius 1 is 1.17 bits per heavy atom. The molecule has 2 aromatic rings. The molecule has 1 aromatic carbocycles. The Balaban J connectivity index is 1.74. The molecule has 0 saturated carbocycles. The minimum atomic E-state index is -0.591. The van der Waals surface area contributed by atoms with Gasteiger partial charge in [0.05, 0.1) is 0 Å². The summed E-state index contributed by atoms with van der Waals surface area (Å²) in [6.07, 6.45) is 0.630. The van der Waals surface area contributed by atoms with Gasteiger partial charge < -0.3 is 26.1 Å². The number of benzene rings is 1. The van der Waals surface area contributed by atoms with E-state index in [2.05, 4.69) is 15.6 Å². The summed E-state index contributed by atoms with van der Waals surface area (Å²) >= 11 is 4.96. The van der Waals surface area contributed by atoms with E-state index in [1.807, 2.05) is 12.1 Å². The molecule has 2 amide bonds. The molecule has 0 aliphatic rings. The number of amides is 2. The van der Waals surface area contributed by atoms with Crippen LogP contribution in [0.25, 0.3) is 10.9 Å². The standard InChI is InChI=1S/C20H26N4O4S/c1-20(2,3)28-17(26)11-23-16(25)5-4-8-22-19(27)15-10-13-9-12(18(21)29)6-7-14(13)24-15/h6-7,9-10,24H,4-5,8,11H2,1-3H3,(H2,21,29)(H,22,27)(H,23,25). The fourth-order valence-electron chi connectivity index (χ4n) is 2.59. The van der Waals surface area contributed by atoms with E-state index < -0.39 is 11.6 Å². The van der Waals surface area contributed by atoms with Crippen LogP contribution in [0.3, 0.4) is 0 Å². The average Bonchev–Trinajstić information content (AvgIpc) is 3.05. The molecule has 0 spiro atoms. The lowest BCUT2D eigenvalue weighted by Gasteiger charge is -2.19. The molecule has 0 atom stereocenters. The van der Waals surface area contributed by atoms with E-state index in [0.717, 1.165) is 16.5 Å². The van der Waals surface area contributed by atoms with E-state index in [9.17, 15) is 14.4 Å². The van der Waals surface area contributed by atoms with Crippen molar-refractivity contribution >= 4 is 45.9 Å². The lowest BCUT2D eigenvalue weighted by atomic mass is 10.1. The SMILES string of the molecule is CC(C)(C)OC(=O)CNC(=O)CCCNC(=O)c1cc2cc(C(N)=S)ccc2[nH]1. The molecule has 8 nitrogen and oxygen atoms in total. The Bertz CT molecular complexity index is 930. The number of aromatic nitrogens is 1. The maximum atomic E-state index is 12.3. The van der Waals surface area contributed by atoms with Gasteiger partial charge in [0.25, 0.3) is 5.91 Å². The second-order valence-corrected chi connectivity index (χ2v) is 8.01. The second-order valence-electron chi connectivity index (χ2n) is 7.57. The molecule has 0 saturated heterocycles. The van der Waals surface area contributed by atoms with Crippen LogP contribution in [0.1, 0.15) is 49.7 Å². The summed E-state index contributed by atoms with van der Waals surface area (Å²) in [4.78, 5) is 38.9. The molecular formula is C20H26N4O4S. The number of rotatable bonds is 8. The summed E-state index contributed by atoms with van der Waals surface area (Å²) < 4.78 is 5.11. The van der Waals surface area contributed by atoms with E-state index in [1.165, 1.54) is 0 Å². The number of ether oxygens (including phenoxy) is 1. The number of nitrogens with two attached hydrogens (primary N) is 1. The van der Waals surface area contributed by atoms with Gasteiger partial charge in [0, 0.05) is 29.4 Å². The molecule has 1 heterocycles. The summed E-state index contributed by atoms with van der Waals surface area (Å²) in [6.45, 7) is 5.43. The van der Waals surface area contributed by atoms with Crippen molar-refractivity contribution < 1.29 is 19.1 Å². The zero-order valence-electron chi connectivity index (χ0n) is 16.8. The third-order valence-electron chi connectivity index (χ3n) is 3.87. The fraction of sp³-hybridized carbons (Fsp3) is 0.400. The summed E-state index contributed by atoms with van der Waals surface area (Å²) in [6, 6.07) is 7.15. The molecule has 2 rings (SSSR count). The summed E-state index contributed by atoms with van der Waals surface area (Å²) in [7, 11) is 0. The monoisotopic (exact) mass is 418 g/mol. The van der Waals surface area contributed by atoms with Crippen LogP contribution >= 0.6 is 12.2 Å². The summed E-state index contributed by atoms with van der Waals surface area (Å²) in [5, 5.41) is 6.10. The maximum absolute atomic E-state index is 12.3. The van der Waals surface area contributed by atoms with E-state index in [0.29, 0.717) is 23.6 Å². The van der Waals surface area contributed by atoms with Crippen molar-refractivity contribution in [2.75, 3.05) is 13.1 Å². The van der Waals surface area contributed by atoms with Crippen LogP contribution in [-0.2, 0) is 14.3 Å². The number of aromatic amines is 1. The first-order valence-electron chi connectivity index (χ1n) is 9.24. The molecule has 5 N–H and O–H groups in total. The van der Waals surface area contributed by atoms with Crippen LogP contribution in [0.15, 0.2) is 24.3 Å². The minimum absolute atomic E-state index is 0.175. The third kappa shape index (κ3) is 7.19. The number of fused-ring (bicyclic) bond motifs is 1. The highest BCUT2D eigenvalue weighted by molar-refractivity contribution is 7.80. The highest BCUT2D eigenvalue weighted by Crippen LogP contribution is 2.17. The number of esters is 1. The molecule has 0 radical (unpaired) electrons. The second kappa shape index (κ2) is 9.51. The molecule has 9 heteroatoms. The molecule has 29 heavy (non-hydrogen) atoms. The van der Waals surface area contributed by atoms with Gasteiger partial charge in [-0.3, -0.25) is 14.4 Å². The topological polar surface area (TPSA) is 126 Å². The average molecular weight is 419 g/mol. The van der Waals surface area contributed by atoms with Crippen LogP contribution < -0.4 is 16.4 Å².